The van der Waals surface area contributed by atoms with E-state index in [0.717, 1.165) is 48.7 Å². The van der Waals surface area contributed by atoms with Gasteiger partial charge >= 0.3 is 0 Å². The molecule has 3 aromatic rings. The maximum absolute atomic E-state index is 4.83. The zero-order chi connectivity index (χ0) is 17.9. The molecule has 0 radical (unpaired) electrons. The number of anilines is 1. The first-order chi connectivity index (χ1) is 12.7. The van der Waals surface area contributed by atoms with E-state index in [4.69, 9.17) is 4.98 Å². The van der Waals surface area contributed by atoms with Crippen molar-refractivity contribution in [2.75, 3.05) is 18.0 Å². The van der Waals surface area contributed by atoms with Crippen LogP contribution in [0.2, 0.25) is 0 Å². The molecule has 1 saturated heterocycles. The fourth-order valence-electron chi connectivity index (χ4n) is 3.74. The Labute approximate surface area is 155 Å². The van der Waals surface area contributed by atoms with Crippen molar-refractivity contribution in [1.29, 1.82) is 0 Å². The van der Waals surface area contributed by atoms with Crippen LogP contribution in [0.15, 0.2) is 54.6 Å². The van der Waals surface area contributed by atoms with E-state index in [-0.39, 0.29) is 6.04 Å². The lowest BCUT2D eigenvalue weighted by molar-refractivity contribution is 0.377. The van der Waals surface area contributed by atoms with E-state index in [1.165, 1.54) is 5.39 Å². The molecular weight excluding hydrogens is 320 g/mol. The second-order valence-corrected chi connectivity index (χ2v) is 7.22. The van der Waals surface area contributed by atoms with Gasteiger partial charge < -0.3 is 10.2 Å². The van der Waals surface area contributed by atoms with E-state index in [9.17, 15) is 0 Å². The van der Waals surface area contributed by atoms with Crippen LogP contribution >= 0.6 is 0 Å². The third-order valence-electron chi connectivity index (χ3n) is 5.24. The number of piperidine rings is 1. The highest BCUT2D eigenvalue weighted by Crippen LogP contribution is 2.21. The fraction of sp³-hybridized carbons (Fsp3) is 0.364. The van der Waals surface area contributed by atoms with Crippen molar-refractivity contribution < 1.29 is 0 Å². The van der Waals surface area contributed by atoms with Gasteiger partial charge in [-0.15, -0.1) is 0 Å². The molecule has 1 aliphatic heterocycles. The van der Waals surface area contributed by atoms with Crippen molar-refractivity contribution in [3.05, 3.63) is 66.0 Å². The van der Waals surface area contributed by atoms with E-state index in [1.807, 2.05) is 6.07 Å². The van der Waals surface area contributed by atoms with Crippen LogP contribution in [0, 0.1) is 6.92 Å². The molecule has 0 amide bonds. The molecule has 3 heterocycles. The van der Waals surface area contributed by atoms with Crippen LogP contribution in [-0.2, 0) is 0 Å². The molecule has 1 N–H and O–H groups in total. The van der Waals surface area contributed by atoms with E-state index >= 15 is 0 Å². The molecule has 0 aliphatic carbocycles. The predicted octanol–water partition coefficient (Wildman–Crippen LogP) is 4.26. The molecule has 1 aliphatic rings. The fourth-order valence-corrected chi connectivity index (χ4v) is 3.74. The van der Waals surface area contributed by atoms with E-state index in [2.05, 4.69) is 77.6 Å². The van der Waals surface area contributed by atoms with Gasteiger partial charge in [0.15, 0.2) is 0 Å². The summed E-state index contributed by atoms with van der Waals surface area (Å²) in [5.41, 5.74) is 3.27. The van der Waals surface area contributed by atoms with Gasteiger partial charge in [0.1, 0.15) is 5.82 Å². The minimum absolute atomic E-state index is 0.258. The van der Waals surface area contributed by atoms with Crippen molar-refractivity contribution in [3.63, 3.8) is 0 Å². The number of nitrogens with one attached hydrogen (secondary N) is 1. The molecule has 134 valence electrons. The van der Waals surface area contributed by atoms with E-state index < -0.39 is 0 Å². The summed E-state index contributed by atoms with van der Waals surface area (Å²) in [6.45, 7) is 6.36. The SMILES string of the molecule is Cc1cccc(N2CCC(N[C@@H](C)c3ccc4ccccc4n3)CC2)n1. The molecule has 1 atom stereocenters. The Morgan fingerprint density at radius 3 is 2.58 bits per heavy atom. The summed E-state index contributed by atoms with van der Waals surface area (Å²) in [6, 6.07) is 19.7. The second-order valence-electron chi connectivity index (χ2n) is 7.22. The summed E-state index contributed by atoms with van der Waals surface area (Å²) < 4.78 is 0. The summed E-state index contributed by atoms with van der Waals surface area (Å²) in [5.74, 6) is 1.10. The van der Waals surface area contributed by atoms with Gasteiger partial charge in [-0.3, -0.25) is 4.98 Å². The quantitative estimate of drug-likeness (QED) is 0.766. The Morgan fingerprint density at radius 2 is 1.77 bits per heavy atom. The summed E-state index contributed by atoms with van der Waals surface area (Å²) >= 11 is 0. The number of nitrogens with zero attached hydrogens (tertiary/aromatic N) is 3. The van der Waals surface area contributed by atoms with Crippen molar-refractivity contribution in [2.24, 2.45) is 0 Å². The summed E-state index contributed by atoms with van der Waals surface area (Å²) in [4.78, 5) is 11.9. The van der Waals surface area contributed by atoms with Gasteiger partial charge in [-0.05, 0) is 51.0 Å². The van der Waals surface area contributed by atoms with Crippen molar-refractivity contribution in [2.45, 2.75) is 38.8 Å². The van der Waals surface area contributed by atoms with Gasteiger partial charge in [0, 0.05) is 36.3 Å². The molecule has 0 spiro atoms. The third-order valence-corrected chi connectivity index (χ3v) is 5.24. The molecule has 4 heteroatoms. The lowest BCUT2D eigenvalue weighted by Crippen LogP contribution is -2.43. The molecule has 4 nitrogen and oxygen atoms in total. The van der Waals surface area contributed by atoms with Crippen LogP contribution in [0.3, 0.4) is 0 Å². The van der Waals surface area contributed by atoms with Crippen LogP contribution in [0.4, 0.5) is 5.82 Å². The van der Waals surface area contributed by atoms with Crippen LogP contribution < -0.4 is 10.2 Å². The monoisotopic (exact) mass is 346 g/mol. The minimum Gasteiger partial charge on any atom is -0.356 e. The van der Waals surface area contributed by atoms with Crippen LogP contribution in [0.25, 0.3) is 10.9 Å². The average molecular weight is 346 g/mol. The van der Waals surface area contributed by atoms with Crippen LogP contribution in [0.1, 0.15) is 37.2 Å². The van der Waals surface area contributed by atoms with Gasteiger partial charge in [-0.25, -0.2) is 4.98 Å². The standard InChI is InChI=1S/C22H26N4/c1-16-6-5-9-22(23-16)26-14-12-19(13-15-26)24-17(2)20-11-10-18-7-3-4-8-21(18)25-20/h3-11,17,19,24H,12-15H2,1-2H3/t17-/m0/s1. The highest BCUT2D eigenvalue weighted by molar-refractivity contribution is 5.78. The predicted molar refractivity (Wildman–Crippen MR) is 108 cm³/mol. The molecule has 0 unspecified atom stereocenters. The first-order valence-corrected chi connectivity index (χ1v) is 9.49. The first kappa shape index (κ1) is 17.0. The number of hydrogen-bond donors (Lipinski definition) is 1. The first-order valence-electron chi connectivity index (χ1n) is 9.49. The lowest BCUT2D eigenvalue weighted by atomic mass is 10.0. The lowest BCUT2D eigenvalue weighted by Gasteiger charge is -2.34. The summed E-state index contributed by atoms with van der Waals surface area (Å²) in [5, 5.41) is 4.97. The number of fused-ring (bicyclic) bond motifs is 1. The Kier molecular flexibility index (Phi) is 4.85. The molecule has 26 heavy (non-hydrogen) atoms. The van der Waals surface area contributed by atoms with E-state index in [0.29, 0.717) is 6.04 Å². The number of aromatic nitrogens is 2. The molecule has 0 bridgehead atoms. The Morgan fingerprint density at radius 1 is 0.962 bits per heavy atom. The van der Waals surface area contributed by atoms with Crippen molar-refractivity contribution in [1.82, 2.24) is 15.3 Å². The summed E-state index contributed by atoms with van der Waals surface area (Å²) in [6.07, 6.45) is 2.26. The van der Waals surface area contributed by atoms with Gasteiger partial charge in [0.05, 0.1) is 11.2 Å². The smallest absolute Gasteiger partial charge is 0.128 e. The highest BCUT2D eigenvalue weighted by Gasteiger charge is 2.22. The number of hydrogen-bond acceptors (Lipinski definition) is 4. The number of aryl methyl sites for hydroxylation is 1. The normalized spacial score (nSPS) is 16.8. The minimum atomic E-state index is 0.258. The third kappa shape index (κ3) is 3.70. The largest absolute Gasteiger partial charge is 0.356 e. The van der Waals surface area contributed by atoms with Gasteiger partial charge in [-0.2, -0.15) is 0 Å². The van der Waals surface area contributed by atoms with Crippen LogP contribution in [-0.4, -0.2) is 29.1 Å². The maximum atomic E-state index is 4.83. The molecule has 4 rings (SSSR count). The zero-order valence-corrected chi connectivity index (χ0v) is 15.5. The Balaban J connectivity index is 1.37. The Hall–Kier alpha value is -2.46. The van der Waals surface area contributed by atoms with Crippen molar-refractivity contribution >= 4 is 16.7 Å². The zero-order valence-electron chi connectivity index (χ0n) is 15.5. The molecule has 2 aromatic heterocycles. The molecule has 0 saturated carbocycles. The number of para-hydroxylation sites is 1. The summed E-state index contributed by atoms with van der Waals surface area (Å²) in [7, 11) is 0. The average Bonchev–Trinajstić information content (AvgIpc) is 2.68. The Bertz CT molecular complexity index is 884. The maximum Gasteiger partial charge on any atom is 0.128 e. The number of pyridine rings is 2. The van der Waals surface area contributed by atoms with Gasteiger partial charge in [0.25, 0.3) is 0 Å². The molecular formula is C22H26N4. The van der Waals surface area contributed by atoms with Crippen LogP contribution in [0.5, 0.6) is 0 Å². The highest BCUT2D eigenvalue weighted by atomic mass is 15.2. The van der Waals surface area contributed by atoms with E-state index in [1.54, 1.807) is 0 Å². The second kappa shape index (κ2) is 7.42. The van der Waals surface area contributed by atoms with Gasteiger partial charge in [-0.1, -0.05) is 30.3 Å². The van der Waals surface area contributed by atoms with Crippen molar-refractivity contribution in [3.8, 4) is 0 Å². The topological polar surface area (TPSA) is 41.0 Å². The number of rotatable bonds is 4. The number of benzene rings is 1. The van der Waals surface area contributed by atoms with Gasteiger partial charge in [0.2, 0.25) is 0 Å². The molecule has 1 fully saturated rings. The molecule has 1 aromatic carbocycles.